The van der Waals surface area contributed by atoms with Crippen molar-refractivity contribution < 1.29 is 0 Å². The van der Waals surface area contributed by atoms with Crippen LogP contribution in [0.1, 0.15) is 64.0 Å². The zero-order valence-corrected chi connectivity index (χ0v) is 15.1. The molecule has 3 heteroatoms. The lowest BCUT2D eigenvalue weighted by Gasteiger charge is -2.37. The second-order valence-electron chi connectivity index (χ2n) is 5.73. The predicted molar refractivity (Wildman–Crippen MR) is 93.8 cm³/mol. The predicted octanol–water partition coefficient (Wildman–Crippen LogP) is 5.61. The van der Waals surface area contributed by atoms with E-state index in [4.69, 9.17) is 0 Å². The Bertz CT molecular complexity index is 377. The molecule has 1 aromatic rings. The molecule has 2 rings (SSSR count). The first-order chi connectivity index (χ1) is 9.26. The van der Waals surface area contributed by atoms with Crippen molar-refractivity contribution >= 4 is 33.9 Å². The molecule has 0 amide bonds. The van der Waals surface area contributed by atoms with Crippen molar-refractivity contribution in [3.8, 4) is 0 Å². The zero-order chi connectivity index (χ0) is 13.7. The van der Waals surface area contributed by atoms with E-state index >= 15 is 0 Å². The standard InChI is InChI=1S/C16H26INS/c1-3-9-18-16(13-10-15(17)19-11-13)14-8-6-5-7-12(14)4-2/h10-12,14,16,18H,3-9H2,1-2H3. The Morgan fingerprint density at radius 2 is 2.16 bits per heavy atom. The molecule has 0 radical (unpaired) electrons. The van der Waals surface area contributed by atoms with Crippen LogP contribution in [-0.2, 0) is 0 Å². The highest BCUT2D eigenvalue weighted by Crippen LogP contribution is 2.41. The van der Waals surface area contributed by atoms with E-state index in [1.54, 1.807) is 0 Å². The molecule has 1 aromatic heterocycles. The van der Waals surface area contributed by atoms with E-state index in [9.17, 15) is 0 Å². The molecule has 19 heavy (non-hydrogen) atoms. The quantitative estimate of drug-likeness (QED) is 0.622. The Labute approximate surface area is 135 Å². The summed E-state index contributed by atoms with van der Waals surface area (Å²) in [6.45, 7) is 5.78. The molecule has 1 aliphatic carbocycles. The largest absolute Gasteiger partial charge is 0.310 e. The number of halogens is 1. The first kappa shape index (κ1) is 15.8. The van der Waals surface area contributed by atoms with E-state index in [-0.39, 0.29) is 0 Å². The molecule has 1 saturated carbocycles. The molecule has 3 atom stereocenters. The molecule has 108 valence electrons. The summed E-state index contributed by atoms with van der Waals surface area (Å²) in [4.78, 5) is 0. The van der Waals surface area contributed by atoms with Gasteiger partial charge in [0.2, 0.25) is 0 Å². The summed E-state index contributed by atoms with van der Waals surface area (Å²) in [5, 5.41) is 6.21. The van der Waals surface area contributed by atoms with Gasteiger partial charge in [-0.15, -0.1) is 11.3 Å². The average Bonchev–Trinajstić information content (AvgIpc) is 2.86. The third-order valence-electron chi connectivity index (χ3n) is 4.48. The first-order valence-corrected chi connectivity index (χ1v) is 9.69. The minimum Gasteiger partial charge on any atom is -0.310 e. The van der Waals surface area contributed by atoms with Gasteiger partial charge in [0, 0.05) is 6.04 Å². The molecule has 1 heterocycles. The number of thiophene rings is 1. The normalized spacial score (nSPS) is 25.4. The highest BCUT2D eigenvalue weighted by Gasteiger charge is 2.31. The van der Waals surface area contributed by atoms with Crippen LogP contribution in [0.3, 0.4) is 0 Å². The van der Waals surface area contributed by atoms with Crippen LogP contribution >= 0.6 is 33.9 Å². The summed E-state index contributed by atoms with van der Waals surface area (Å²) >= 11 is 4.33. The van der Waals surface area contributed by atoms with Crippen LogP contribution < -0.4 is 5.32 Å². The highest BCUT2D eigenvalue weighted by molar-refractivity contribution is 14.1. The molecular weight excluding hydrogens is 365 g/mol. The first-order valence-electron chi connectivity index (χ1n) is 7.73. The maximum absolute atomic E-state index is 3.84. The van der Waals surface area contributed by atoms with Crippen molar-refractivity contribution in [2.24, 2.45) is 11.8 Å². The monoisotopic (exact) mass is 391 g/mol. The van der Waals surface area contributed by atoms with E-state index < -0.39 is 0 Å². The number of nitrogens with one attached hydrogen (secondary N) is 1. The van der Waals surface area contributed by atoms with E-state index in [0.717, 1.165) is 18.4 Å². The molecule has 3 unspecified atom stereocenters. The van der Waals surface area contributed by atoms with Crippen molar-refractivity contribution in [2.45, 2.75) is 58.4 Å². The Morgan fingerprint density at radius 3 is 2.79 bits per heavy atom. The molecule has 0 aliphatic heterocycles. The van der Waals surface area contributed by atoms with Crippen LogP contribution in [-0.4, -0.2) is 6.54 Å². The van der Waals surface area contributed by atoms with Crippen LogP contribution in [0.15, 0.2) is 11.4 Å². The summed E-state index contributed by atoms with van der Waals surface area (Å²) in [6, 6.07) is 2.98. The fourth-order valence-electron chi connectivity index (χ4n) is 3.48. The van der Waals surface area contributed by atoms with Gasteiger partial charge in [0.05, 0.1) is 2.88 Å². The molecule has 1 N–H and O–H groups in total. The lowest BCUT2D eigenvalue weighted by Crippen LogP contribution is -2.34. The Hall–Kier alpha value is 0.390. The van der Waals surface area contributed by atoms with E-state index in [1.165, 1.54) is 47.0 Å². The number of hydrogen-bond donors (Lipinski definition) is 1. The average molecular weight is 391 g/mol. The number of hydrogen-bond acceptors (Lipinski definition) is 2. The Kier molecular flexibility index (Phi) is 6.63. The van der Waals surface area contributed by atoms with E-state index in [0.29, 0.717) is 6.04 Å². The molecule has 1 aliphatic rings. The van der Waals surface area contributed by atoms with Crippen molar-refractivity contribution in [3.63, 3.8) is 0 Å². The van der Waals surface area contributed by atoms with Crippen molar-refractivity contribution in [1.82, 2.24) is 5.32 Å². The van der Waals surface area contributed by atoms with Gasteiger partial charge in [-0.3, -0.25) is 0 Å². The zero-order valence-electron chi connectivity index (χ0n) is 12.1. The summed E-state index contributed by atoms with van der Waals surface area (Å²) < 4.78 is 1.42. The third-order valence-corrected chi connectivity index (χ3v) is 6.29. The van der Waals surface area contributed by atoms with Crippen molar-refractivity contribution in [1.29, 1.82) is 0 Å². The van der Waals surface area contributed by atoms with Gasteiger partial charge >= 0.3 is 0 Å². The van der Waals surface area contributed by atoms with E-state index in [1.807, 2.05) is 11.3 Å². The highest BCUT2D eigenvalue weighted by atomic mass is 127. The van der Waals surface area contributed by atoms with Gasteiger partial charge in [-0.2, -0.15) is 0 Å². The van der Waals surface area contributed by atoms with Gasteiger partial charge in [-0.25, -0.2) is 0 Å². The van der Waals surface area contributed by atoms with Gasteiger partial charge in [-0.1, -0.05) is 39.5 Å². The topological polar surface area (TPSA) is 12.0 Å². The fourth-order valence-corrected chi connectivity index (χ4v) is 4.89. The molecule has 1 nitrogen and oxygen atoms in total. The molecule has 1 fully saturated rings. The van der Waals surface area contributed by atoms with Gasteiger partial charge < -0.3 is 5.32 Å². The second-order valence-corrected chi connectivity index (χ2v) is 8.54. The van der Waals surface area contributed by atoms with E-state index in [2.05, 4.69) is 53.2 Å². The lowest BCUT2D eigenvalue weighted by atomic mass is 9.72. The maximum atomic E-state index is 3.84. The summed E-state index contributed by atoms with van der Waals surface area (Å²) in [5.74, 6) is 1.76. The summed E-state index contributed by atoms with van der Waals surface area (Å²) in [7, 11) is 0. The van der Waals surface area contributed by atoms with Crippen molar-refractivity contribution in [3.05, 3.63) is 19.9 Å². The third kappa shape index (κ3) is 4.18. The van der Waals surface area contributed by atoms with Crippen LogP contribution in [0, 0.1) is 14.7 Å². The van der Waals surface area contributed by atoms with Crippen LogP contribution in [0.2, 0.25) is 0 Å². The molecule has 0 saturated heterocycles. The van der Waals surface area contributed by atoms with Gasteiger partial charge in [-0.05, 0) is 70.8 Å². The minimum atomic E-state index is 0.588. The Balaban J connectivity index is 2.15. The van der Waals surface area contributed by atoms with Gasteiger partial charge in [0.1, 0.15) is 0 Å². The molecule has 0 aromatic carbocycles. The lowest BCUT2D eigenvalue weighted by molar-refractivity contribution is 0.176. The second kappa shape index (κ2) is 7.99. The van der Waals surface area contributed by atoms with Crippen LogP contribution in [0.25, 0.3) is 0 Å². The number of rotatable bonds is 6. The minimum absolute atomic E-state index is 0.588. The molecule has 0 spiro atoms. The maximum Gasteiger partial charge on any atom is 0.0656 e. The molecule has 0 bridgehead atoms. The smallest absolute Gasteiger partial charge is 0.0656 e. The van der Waals surface area contributed by atoms with Crippen LogP contribution in [0.4, 0.5) is 0 Å². The van der Waals surface area contributed by atoms with Crippen LogP contribution in [0.5, 0.6) is 0 Å². The summed E-state index contributed by atoms with van der Waals surface area (Å²) in [6.07, 6.45) is 8.28. The van der Waals surface area contributed by atoms with Gasteiger partial charge in [0.15, 0.2) is 0 Å². The van der Waals surface area contributed by atoms with Crippen molar-refractivity contribution in [2.75, 3.05) is 6.54 Å². The SMILES string of the molecule is CCCNC(c1csc(I)c1)C1CCCCC1CC. The van der Waals surface area contributed by atoms with Gasteiger partial charge in [0.25, 0.3) is 0 Å². The molecular formula is C16H26INS. The Morgan fingerprint density at radius 1 is 1.37 bits per heavy atom. The summed E-state index contributed by atoms with van der Waals surface area (Å²) in [5.41, 5.74) is 1.54. The fraction of sp³-hybridized carbons (Fsp3) is 0.750.